The molecule has 0 aliphatic heterocycles. The minimum atomic E-state index is 0.398. The number of rotatable bonds is 6. The summed E-state index contributed by atoms with van der Waals surface area (Å²) in [6.45, 7) is 7.03. The Balaban J connectivity index is 2.73. The third-order valence-corrected chi connectivity index (χ3v) is 5.42. The van der Waals surface area contributed by atoms with Crippen LogP contribution in [0.4, 0.5) is 0 Å². The van der Waals surface area contributed by atoms with Crippen LogP contribution in [0.1, 0.15) is 30.7 Å². The third kappa shape index (κ3) is 4.02. The summed E-state index contributed by atoms with van der Waals surface area (Å²) < 4.78 is 2.29. The van der Waals surface area contributed by atoms with E-state index in [4.69, 9.17) is 0 Å². The van der Waals surface area contributed by atoms with E-state index in [9.17, 15) is 0 Å². The average molecular weight is 353 g/mol. The van der Waals surface area contributed by atoms with Crippen LogP contribution in [0.2, 0.25) is 0 Å². The molecule has 0 aliphatic rings. The maximum absolute atomic E-state index is 3.80. The van der Waals surface area contributed by atoms with Gasteiger partial charge in [0.25, 0.3) is 0 Å². The summed E-state index contributed by atoms with van der Waals surface area (Å²) >= 11 is 8.81. The Kier molecular flexibility index (Phi) is 6.12. The van der Waals surface area contributed by atoms with Crippen molar-refractivity contribution in [2.24, 2.45) is 0 Å². The molecule has 4 heteroatoms. The summed E-state index contributed by atoms with van der Waals surface area (Å²) in [7, 11) is 0. The molecule has 1 nitrogen and oxygen atoms in total. The molecule has 1 atom stereocenters. The maximum atomic E-state index is 3.80. The Morgan fingerprint density at radius 1 is 1.60 bits per heavy atom. The Morgan fingerprint density at radius 2 is 2.33 bits per heavy atom. The largest absolute Gasteiger partial charge is 0.309 e. The van der Waals surface area contributed by atoms with Gasteiger partial charge in [0, 0.05) is 15.4 Å². The lowest BCUT2D eigenvalue weighted by Crippen LogP contribution is -2.20. The topological polar surface area (TPSA) is 12.0 Å². The zero-order chi connectivity index (χ0) is 11.3. The molecule has 15 heavy (non-hydrogen) atoms. The predicted molar refractivity (Wildman–Crippen MR) is 75.6 cm³/mol. The maximum Gasteiger partial charge on any atom is 0.0843 e. The Bertz CT molecular complexity index is 303. The van der Waals surface area contributed by atoms with Crippen LogP contribution >= 0.6 is 43.2 Å². The smallest absolute Gasteiger partial charge is 0.0843 e. The Labute approximate surface area is 112 Å². The Morgan fingerprint density at radius 3 is 2.80 bits per heavy atom. The fourth-order valence-corrected chi connectivity index (χ4v) is 3.50. The van der Waals surface area contributed by atoms with Crippen molar-refractivity contribution >= 4 is 43.2 Å². The van der Waals surface area contributed by atoms with Gasteiger partial charge < -0.3 is 5.32 Å². The summed E-state index contributed by atoms with van der Waals surface area (Å²) in [5, 5.41) is 3.52. The molecule has 0 saturated carbocycles. The second-order valence-electron chi connectivity index (χ2n) is 3.30. The number of hydrogen-bond acceptors (Lipinski definition) is 2. The van der Waals surface area contributed by atoms with Crippen LogP contribution in [0.25, 0.3) is 0 Å². The van der Waals surface area contributed by atoms with Crippen LogP contribution < -0.4 is 5.32 Å². The van der Waals surface area contributed by atoms with Crippen molar-refractivity contribution in [1.29, 1.82) is 0 Å². The molecule has 0 saturated heterocycles. The molecule has 0 bridgehead atoms. The van der Waals surface area contributed by atoms with Crippen molar-refractivity contribution < 1.29 is 0 Å². The molecule has 1 unspecified atom stereocenters. The first-order chi connectivity index (χ1) is 7.19. The molecule has 1 rings (SSSR count). The highest BCUT2D eigenvalue weighted by Crippen LogP contribution is 2.36. The monoisotopic (exact) mass is 351 g/mol. The van der Waals surface area contributed by atoms with Gasteiger partial charge >= 0.3 is 0 Å². The van der Waals surface area contributed by atoms with Crippen LogP contribution in [-0.2, 0) is 0 Å². The van der Waals surface area contributed by atoms with Crippen LogP contribution in [0.3, 0.4) is 0 Å². The van der Waals surface area contributed by atoms with E-state index in [0.29, 0.717) is 6.04 Å². The molecule has 1 N–H and O–H groups in total. The zero-order valence-corrected chi connectivity index (χ0v) is 12.7. The lowest BCUT2D eigenvalue weighted by atomic mass is 10.1. The highest BCUT2D eigenvalue weighted by atomic mass is 79.9. The lowest BCUT2D eigenvalue weighted by molar-refractivity contribution is 0.544. The molecule has 1 aromatic rings. The van der Waals surface area contributed by atoms with Crippen molar-refractivity contribution in [1.82, 2.24) is 5.32 Å². The van der Waals surface area contributed by atoms with E-state index in [1.54, 1.807) is 11.3 Å². The van der Waals surface area contributed by atoms with Crippen molar-refractivity contribution in [2.75, 3.05) is 6.54 Å². The van der Waals surface area contributed by atoms with Crippen molar-refractivity contribution in [2.45, 2.75) is 25.8 Å². The SMILES string of the molecule is C=CCC(NCCC)c1cc(Br)c(Br)s1. The van der Waals surface area contributed by atoms with Crippen LogP contribution in [0, 0.1) is 0 Å². The van der Waals surface area contributed by atoms with E-state index in [0.717, 1.165) is 27.6 Å². The van der Waals surface area contributed by atoms with Gasteiger partial charge in [0.15, 0.2) is 0 Å². The summed E-state index contributed by atoms with van der Waals surface area (Å²) in [6, 6.07) is 2.57. The van der Waals surface area contributed by atoms with Crippen LogP contribution in [-0.4, -0.2) is 6.54 Å². The third-order valence-electron chi connectivity index (χ3n) is 2.05. The van der Waals surface area contributed by atoms with Gasteiger partial charge in [0.05, 0.1) is 3.79 Å². The number of hydrogen-bond donors (Lipinski definition) is 1. The van der Waals surface area contributed by atoms with Gasteiger partial charge in [-0.15, -0.1) is 17.9 Å². The summed E-state index contributed by atoms with van der Waals surface area (Å²) in [5.74, 6) is 0. The van der Waals surface area contributed by atoms with Crippen molar-refractivity contribution in [3.05, 3.63) is 31.9 Å². The van der Waals surface area contributed by atoms with Gasteiger partial charge in [-0.2, -0.15) is 0 Å². The van der Waals surface area contributed by atoms with E-state index in [-0.39, 0.29) is 0 Å². The molecule has 1 aromatic heterocycles. The van der Waals surface area contributed by atoms with Gasteiger partial charge in [0.2, 0.25) is 0 Å². The number of nitrogens with one attached hydrogen (secondary N) is 1. The zero-order valence-electron chi connectivity index (χ0n) is 8.72. The molecule has 1 heterocycles. The molecule has 0 spiro atoms. The van der Waals surface area contributed by atoms with Crippen molar-refractivity contribution in [3.63, 3.8) is 0 Å². The summed E-state index contributed by atoms with van der Waals surface area (Å²) in [6.07, 6.45) is 4.09. The normalized spacial score (nSPS) is 12.7. The van der Waals surface area contributed by atoms with Gasteiger partial charge in [-0.3, -0.25) is 0 Å². The van der Waals surface area contributed by atoms with Gasteiger partial charge in [-0.25, -0.2) is 0 Å². The fraction of sp³-hybridized carbons (Fsp3) is 0.455. The molecule has 0 fully saturated rings. The predicted octanol–water partition coefficient (Wildman–Crippen LogP) is 4.89. The molecular weight excluding hydrogens is 338 g/mol. The number of thiophene rings is 1. The molecule has 84 valence electrons. The average Bonchev–Trinajstić information content (AvgIpc) is 2.54. The number of halogens is 2. The quantitative estimate of drug-likeness (QED) is 0.718. The van der Waals surface area contributed by atoms with Gasteiger partial charge in [-0.05, 0) is 57.3 Å². The van der Waals surface area contributed by atoms with E-state index in [1.807, 2.05) is 6.08 Å². The minimum absolute atomic E-state index is 0.398. The van der Waals surface area contributed by atoms with E-state index in [2.05, 4.69) is 56.7 Å². The molecule has 0 radical (unpaired) electrons. The molecule has 0 amide bonds. The van der Waals surface area contributed by atoms with E-state index >= 15 is 0 Å². The van der Waals surface area contributed by atoms with Crippen LogP contribution in [0.5, 0.6) is 0 Å². The Hall–Kier alpha value is 0.360. The second-order valence-corrected chi connectivity index (χ2v) is 6.56. The minimum Gasteiger partial charge on any atom is -0.309 e. The highest BCUT2D eigenvalue weighted by Gasteiger charge is 2.13. The first kappa shape index (κ1) is 13.4. The lowest BCUT2D eigenvalue weighted by Gasteiger charge is -2.14. The van der Waals surface area contributed by atoms with Gasteiger partial charge in [0.1, 0.15) is 0 Å². The van der Waals surface area contributed by atoms with E-state index in [1.165, 1.54) is 4.88 Å². The molecular formula is C11H15Br2NS. The van der Waals surface area contributed by atoms with E-state index < -0.39 is 0 Å². The summed E-state index contributed by atoms with van der Waals surface area (Å²) in [5.41, 5.74) is 0. The first-order valence-corrected chi connectivity index (χ1v) is 7.38. The second kappa shape index (κ2) is 6.84. The van der Waals surface area contributed by atoms with Gasteiger partial charge in [-0.1, -0.05) is 13.0 Å². The standard InChI is InChI=1S/C11H15Br2NS/c1-3-5-9(14-6-4-2)10-7-8(12)11(13)15-10/h3,7,9,14H,1,4-6H2,2H3. The molecule has 0 aliphatic carbocycles. The summed E-state index contributed by atoms with van der Waals surface area (Å²) in [4.78, 5) is 1.35. The first-order valence-electron chi connectivity index (χ1n) is 4.98. The molecule has 0 aromatic carbocycles. The highest BCUT2D eigenvalue weighted by molar-refractivity contribution is 9.13. The van der Waals surface area contributed by atoms with Crippen LogP contribution in [0.15, 0.2) is 27.0 Å². The fourth-order valence-electron chi connectivity index (χ4n) is 1.32. The van der Waals surface area contributed by atoms with Crippen molar-refractivity contribution in [3.8, 4) is 0 Å².